The highest BCUT2D eigenvalue weighted by molar-refractivity contribution is 5.88. The van der Waals surface area contributed by atoms with Crippen molar-refractivity contribution in [3.05, 3.63) is 95.4 Å². The fourth-order valence-corrected chi connectivity index (χ4v) is 3.98. The van der Waals surface area contributed by atoms with Crippen LogP contribution in [-0.2, 0) is 27.4 Å². The molecule has 0 spiro atoms. The molecule has 2 amide bonds. The van der Waals surface area contributed by atoms with E-state index in [0.717, 1.165) is 16.9 Å². The topological polar surface area (TPSA) is 63.0 Å². The smallest absolute Gasteiger partial charge is 0.242 e. The number of furan rings is 1. The molecule has 180 valence electrons. The molecule has 0 aliphatic rings. The third-order valence-electron chi connectivity index (χ3n) is 5.82. The largest absolute Gasteiger partial charge is 0.464 e. The van der Waals surface area contributed by atoms with Gasteiger partial charge in [-0.3, -0.25) is 9.59 Å². The minimum Gasteiger partial charge on any atom is -0.464 e. The van der Waals surface area contributed by atoms with Gasteiger partial charge in [-0.1, -0.05) is 67.6 Å². The first-order valence-corrected chi connectivity index (χ1v) is 11.7. The van der Waals surface area contributed by atoms with Crippen molar-refractivity contribution in [1.82, 2.24) is 9.80 Å². The lowest BCUT2D eigenvalue weighted by atomic mass is 9.95. The Morgan fingerprint density at radius 1 is 0.912 bits per heavy atom. The molecule has 6 nitrogen and oxygen atoms in total. The second-order valence-corrected chi connectivity index (χ2v) is 8.37. The van der Waals surface area contributed by atoms with Crippen LogP contribution >= 0.6 is 0 Å². The van der Waals surface area contributed by atoms with Gasteiger partial charge in [-0.05, 0) is 36.6 Å². The van der Waals surface area contributed by atoms with Crippen LogP contribution in [0.5, 0.6) is 0 Å². The summed E-state index contributed by atoms with van der Waals surface area (Å²) in [6.07, 6.45) is 0.653. The lowest BCUT2D eigenvalue weighted by Crippen LogP contribution is -2.45. The molecule has 1 atom stereocenters. The highest BCUT2D eigenvalue weighted by Crippen LogP contribution is 2.22. The van der Waals surface area contributed by atoms with Gasteiger partial charge in [-0.2, -0.15) is 0 Å². The van der Waals surface area contributed by atoms with Crippen LogP contribution in [0.15, 0.2) is 77.2 Å². The monoisotopic (exact) mass is 462 g/mol. The number of amides is 2. The molecule has 0 saturated carbocycles. The summed E-state index contributed by atoms with van der Waals surface area (Å²) in [6.45, 7) is 5.34. The van der Waals surface area contributed by atoms with Crippen LogP contribution in [-0.4, -0.2) is 48.4 Å². The Bertz CT molecular complexity index is 1030. The molecule has 3 aromatic rings. The Morgan fingerprint density at radius 3 is 2.18 bits per heavy atom. The molecule has 1 unspecified atom stereocenters. The van der Waals surface area contributed by atoms with Crippen LogP contribution in [0.2, 0.25) is 0 Å². The highest BCUT2D eigenvalue weighted by atomic mass is 16.5. The minimum atomic E-state index is -0.304. The number of carbonyl (C=O) groups is 2. The van der Waals surface area contributed by atoms with E-state index in [4.69, 9.17) is 9.15 Å². The van der Waals surface area contributed by atoms with E-state index in [0.29, 0.717) is 38.4 Å². The van der Waals surface area contributed by atoms with Gasteiger partial charge in [-0.25, -0.2) is 0 Å². The Hall–Kier alpha value is -3.38. The van der Waals surface area contributed by atoms with E-state index in [9.17, 15) is 9.59 Å². The third kappa shape index (κ3) is 7.06. The van der Waals surface area contributed by atoms with Crippen molar-refractivity contribution in [2.75, 3.05) is 26.8 Å². The molecule has 0 aliphatic heterocycles. The average molecular weight is 463 g/mol. The second kappa shape index (κ2) is 12.8. The lowest BCUT2D eigenvalue weighted by molar-refractivity contribution is -0.142. The average Bonchev–Trinajstić information content (AvgIpc) is 3.27. The van der Waals surface area contributed by atoms with Crippen molar-refractivity contribution >= 4 is 11.8 Å². The summed E-state index contributed by atoms with van der Waals surface area (Å²) < 4.78 is 11.0. The lowest BCUT2D eigenvalue weighted by Gasteiger charge is -2.30. The van der Waals surface area contributed by atoms with Crippen LogP contribution in [0.25, 0.3) is 0 Å². The normalized spacial score (nSPS) is 11.7. The van der Waals surface area contributed by atoms with Gasteiger partial charge < -0.3 is 19.0 Å². The van der Waals surface area contributed by atoms with E-state index >= 15 is 0 Å². The van der Waals surface area contributed by atoms with Crippen molar-refractivity contribution < 1.29 is 18.7 Å². The number of carbonyl (C=O) groups excluding carboxylic acids is 2. The van der Waals surface area contributed by atoms with E-state index in [1.807, 2.05) is 86.6 Å². The maximum absolute atomic E-state index is 13.5. The predicted octanol–water partition coefficient (Wildman–Crippen LogP) is 4.79. The van der Waals surface area contributed by atoms with Gasteiger partial charge >= 0.3 is 0 Å². The molecule has 3 rings (SSSR count). The summed E-state index contributed by atoms with van der Waals surface area (Å²) in [4.78, 5) is 30.4. The Balaban J connectivity index is 1.81. The van der Waals surface area contributed by atoms with E-state index in [1.165, 1.54) is 0 Å². The van der Waals surface area contributed by atoms with Gasteiger partial charge in [0.25, 0.3) is 0 Å². The van der Waals surface area contributed by atoms with Crippen LogP contribution in [0.1, 0.15) is 41.9 Å². The standard InChI is InChI=1S/C28H34N2O4/c1-4-26(24-13-9-6-10-14-24)28(32)29(17-18-33-3)21-27(31)30(19-23-11-7-5-8-12-23)20-25-16-15-22(2)34-25/h5-16,26H,4,17-21H2,1-3H3. The summed E-state index contributed by atoms with van der Waals surface area (Å²) >= 11 is 0. The first-order chi connectivity index (χ1) is 16.5. The predicted molar refractivity (Wildman–Crippen MR) is 132 cm³/mol. The summed E-state index contributed by atoms with van der Waals surface area (Å²) in [6, 6.07) is 23.3. The summed E-state index contributed by atoms with van der Waals surface area (Å²) in [5.74, 6) is 1.01. The van der Waals surface area contributed by atoms with Gasteiger partial charge in [0.1, 0.15) is 11.5 Å². The van der Waals surface area contributed by atoms with Gasteiger partial charge in [0.05, 0.1) is 25.6 Å². The second-order valence-electron chi connectivity index (χ2n) is 8.37. The van der Waals surface area contributed by atoms with Gasteiger partial charge in [0.2, 0.25) is 11.8 Å². The maximum Gasteiger partial charge on any atom is 0.242 e. The minimum absolute atomic E-state index is 0.0158. The molecular weight excluding hydrogens is 428 g/mol. The Labute approximate surface area is 202 Å². The number of hydrogen-bond donors (Lipinski definition) is 0. The van der Waals surface area contributed by atoms with Crippen molar-refractivity contribution in [1.29, 1.82) is 0 Å². The number of hydrogen-bond acceptors (Lipinski definition) is 4. The molecule has 0 fully saturated rings. The number of nitrogens with zero attached hydrogens (tertiary/aromatic N) is 2. The van der Waals surface area contributed by atoms with Gasteiger partial charge in [0.15, 0.2) is 0 Å². The Kier molecular flexibility index (Phi) is 9.47. The fourth-order valence-electron chi connectivity index (χ4n) is 3.98. The number of ether oxygens (including phenoxy) is 1. The van der Waals surface area contributed by atoms with Gasteiger partial charge in [-0.15, -0.1) is 0 Å². The first-order valence-electron chi connectivity index (χ1n) is 11.7. The van der Waals surface area contributed by atoms with Crippen molar-refractivity contribution in [3.63, 3.8) is 0 Å². The number of rotatable bonds is 12. The van der Waals surface area contributed by atoms with Crippen molar-refractivity contribution in [2.24, 2.45) is 0 Å². The molecular formula is C28H34N2O4. The zero-order valence-corrected chi connectivity index (χ0v) is 20.3. The molecule has 0 radical (unpaired) electrons. The zero-order chi connectivity index (χ0) is 24.3. The summed E-state index contributed by atoms with van der Waals surface area (Å²) in [5.41, 5.74) is 1.97. The maximum atomic E-state index is 13.5. The van der Waals surface area contributed by atoms with Gasteiger partial charge in [0, 0.05) is 20.2 Å². The van der Waals surface area contributed by atoms with E-state index in [1.54, 1.807) is 16.9 Å². The molecule has 1 heterocycles. The molecule has 1 aromatic heterocycles. The van der Waals surface area contributed by atoms with Crippen LogP contribution in [0.4, 0.5) is 0 Å². The SMILES string of the molecule is CCC(C(=O)N(CCOC)CC(=O)N(Cc1ccccc1)Cc1ccc(C)o1)c1ccccc1. The number of benzene rings is 2. The molecule has 2 aromatic carbocycles. The van der Waals surface area contributed by atoms with Crippen LogP contribution in [0, 0.1) is 6.92 Å². The molecule has 0 N–H and O–H groups in total. The first kappa shape index (κ1) is 25.2. The highest BCUT2D eigenvalue weighted by Gasteiger charge is 2.28. The van der Waals surface area contributed by atoms with E-state index < -0.39 is 0 Å². The van der Waals surface area contributed by atoms with E-state index in [2.05, 4.69) is 0 Å². The number of aryl methyl sites for hydroxylation is 1. The van der Waals surface area contributed by atoms with Crippen molar-refractivity contribution in [3.8, 4) is 0 Å². The van der Waals surface area contributed by atoms with E-state index in [-0.39, 0.29) is 24.3 Å². The van der Waals surface area contributed by atoms with Crippen LogP contribution < -0.4 is 0 Å². The molecule has 0 bridgehead atoms. The zero-order valence-electron chi connectivity index (χ0n) is 20.3. The summed E-state index contributed by atoms with van der Waals surface area (Å²) in [5, 5.41) is 0. The fraction of sp³-hybridized carbons (Fsp3) is 0.357. The summed E-state index contributed by atoms with van der Waals surface area (Å²) in [7, 11) is 1.60. The molecule has 6 heteroatoms. The Morgan fingerprint density at radius 2 is 1.59 bits per heavy atom. The quantitative estimate of drug-likeness (QED) is 0.388. The van der Waals surface area contributed by atoms with Crippen LogP contribution in [0.3, 0.4) is 0 Å². The number of methoxy groups -OCH3 is 1. The molecule has 0 aliphatic carbocycles. The third-order valence-corrected chi connectivity index (χ3v) is 5.82. The molecule has 34 heavy (non-hydrogen) atoms. The van der Waals surface area contributed by atoms with Crippen molar-refractivity contribution in [2.45, 2.75) is 39.3 Å². The molecule has 0 saturated heterocycles.